The van der Waals surface area contributed by atoms with Crippen LogP contribution in [-0.4, -0.2) is 11.0 Å². The lowest BCUT2D eigenvalue weighted by Crippen LogP contribution is -2.21. The molecule has 102 valence electrons. The Kier molecular flexibility index (Phi) is 4.69. The quantitative estimate of drug-likeness (QED) is 0.895. The number of nitrogens with zero attached hydrogens (tertiary/aromatic N) is 1. The molecule has 0 spiro atoms. The third-order valence-corrected chi connectivity index (χ3v) is 2.70. The van der Waals surface area contributed by atoms with Gasteiger partial charge in [-0.3, -0.25) is 0 Å². The van der Waals surface area contributed by atoms with Gasteiger partial charge in [-0.1, -0.05) is 37.0 Å². The molecule has 2 aromatic rings. The Bertz CT molecular complexity index is 535. The molecule has 0 radical (unpaired) electrons. The first-order valence-electron chi connectivity index (χ1n) is 5.84. The first-order chi connectivity index (χ1) is 9.02. The van der Waals surface area contributed by atoms with Crippen molar-refractivity contribution < 1.29 is 9.15 Å². The Morgan fingerprint density at radius 3 is 2.58 bits per heavy atom. The van der Waals surface area contributed by atoms with Gasteiger partial charge in [0.1, 0.15) is 12.0 Å². The Morgan fingerprint density at radius 2 is 1.95 bits per heavy atom. The van der Waals surface area contributed by atoms with Crippen LogP contribution in [0.5, 0.6) is 11.8 Å². The van der Waals surface area contributed by atoms with Gasteiger partial charge in [-0.2, -0.15) is 4.98 Å². The maximum atomic E-state index is 5.88. The molecule has 0 unspecified atom stereocenters. The van der Waals surface area contributed by atoms with Gasteiger partial charge in [-0.25, -0.2) is 0 Å². The largest absolute Gasteiger partial charge is 0.417 e. The maximum Gasteiger partial charge on any atom is 0.399 e. The van der Waals surface area contributed by atoms with Crippen LogP contribution in [0.25, 0.3) is 0 Å². The average Bonchev–Trinajstić information content (AvgIpc) is 2.72. The fourth-order valence-corrected chi connectivity index (χ4v) is 1.92. The SMILES string of the molecule is CC(C)NCc1coc(Oc2cc(Cl)cc(Cl)c2)n1. The van der Waals surface area contributed by atoms with Crippen molar-refractivity contribution in [2.75, 3.05) is 0 Å². The highest BCUT2D eigenvalue weighted by Gasteiger charge is 2.08. The summed E-state index contributed by atoms with van der Waals surface area (Å²) in [4.78, 5) is 4.20. The lowest BCUT2D eigenvalue weighted by atomic mass is 10.3. The van der Waals surface area contributed by atoms with Gasteiger partial charge in [-0.05, 0) is 18.2 Å². The predicted molar refractivity (Wildman–Crippen MR) is 75.0 cm³/mol. The van der Waals surface area contributed by atoms with Crippen LogP contribution >= 0.6 is 23.2 Å². The summed E-state index contributed by atoms with van der Waals surface area (Å²) in [6, 6.07) is 5.30. The third-order valence-electron chi connectivity index (χ3n) is 2.26. The fourth-order valence-electron chi connectivity index (χ4n) is 1.41. The van der Waals surface area contributed by atoms with E-state index in [1.54, 1.807) is 24.5 Å². The minimum atomic E-state index is 0.166. The molecule has 1 heterocycles. The molecule has 1 N–H and O–H groups in total. The molecule has 0 aliphatic heterocycles. The standard InChI is InChI=1S/C13H14Cl2N2O2/c1-8(2)16-6-11-7-18-13(17-11)19-12-4-9(14)3-10(15)5-12/h3-5,7-8,16H,6H2,1-2H3. The number of oxazole rings is 1. The number of halogens is 2. The van der Waals surface area contributed by atoms with Gasteiger partial charge in [-0.15, -0.1) is 0 Å². The molecule has 0 aliphatic rings. The molecule has 1 aromatic carbocycles. The van der Waals surface area contributed by atoms with E-state index in [0.29, 0.717) is 28.4 Å². The van der Waals surface area contributed by atoms with Crippen molar-refractivity contribution in [2.24, 2.45) is 0 Å². The van der Waals surface area contributed by atoms with Crippen LogP contribution in [0.15, 0.2) is 28.9 Å². The highest BCUT2D eigenvalue weighted by atomic mass is 35.5. The van der Waals surface area contributed by atoms with Crippen molar-refractivity contribution in [2.45, 2.75) is 26.4 Å². The Balaban J connectivity index is 2.03. The second-order valence-electron chi connectivity index (χ2n) is 4.35. The summed E-state index contributed by atoms with van der Waals surface area (Å²) in [5.74, 6) is 0.489. The van der Waals surface area contributed by atoms with Gasteiger partial charge in [0.2, 0.25) is 0 Å². The van der Waals surface area contributed by atoms with Crippen molar-refractivity contribution >= 4 is 23.2 Å². The molecule has 4 nitrogen and oxygen atoms in total. The highest BCUT2D eigenvalue weighted by molar-refractivity contribution is 6.34. The molecule has 0 bridgehead atoms. The Hall–Kier alpha value is -1.23. The summed E-state index contributed by atoms with van der Waals surface area (Å²) < 4.78 is 10.7. The molecule has 19 heavy (non-hydrogen) atoms. The topological polar surface area (TPSA) is 47.3 Å². The first kappa shape index (κ1) is 14.2. The summed E-state index contributed by atoms with van der Waals surface area (Å²) in [7, 11) is 0. The number of benzene rings is 1. The zero-order valence-corrected chi connectivity index (χ0v) is 12.1. The van der Waals surface area contributed by atoms with Crippen LogP contribution < -0.4 is 10.1 Å². The summed E-state index contributed by atoms with van der Waals surface area (Å²) in [6.07, 6.45) is 1.72. The van der Waals surface area contributed by atoms with Gasteiger partial charge in [0.15, 0.2) is 0 Å². The van der Waals surface area contributed by atoms with Crippen LogP contribution in [0.1, 0.15) is 19.5 Å². The summed E-state index contributed by atoms with van der Waals surface area (Å²) in [5.41, 5.74) is 0.775. The molecule has 0 saturated carbocycles. The van der Waals surface area contributed by atoms with Gasteiger partial charge < -0.3 is 14.5 Å². The van der Waals surface area contributed by atoms with E-state index in [-0.39, 0.29) is 6.08 Å². The molecule has 6 heteroatoms. The van der Waals surface area contributed by atoms with Crippen molar-refractivity contribution in [1.29, 1.82) is 0 Å². The molecule has 2 rings (SSSR count). The summed E-state index contributed by atoms with van der Waals surface area (Å²) in [6.45, 7) is 4.75. The number of hydrogen-bond donors (Lipinski definition) is 1. The Morgan fingerprint density at radius 1 is 1.26 bits per heavy atom. The van der Waals surface area contributed by atoms with E-state index < -0.39 is 0 Å². The van der Waals surface area contributed by atoms with E-state index >= 15 is 0 Å². The lowest BCUT2D eigenvalue weighted by molar-refractivity contribution is 0.331. The van der Waals surface area contributed by atoms with E-state index in [9.17, 15) is 0 Å². The van der Waals surface area contributed by atoms with Gasteiger partial charge in [0.25, 0.3) is 0 Å². The fraction of sp³-hybridized carbons (Fsp3) is 0.308. The number of hydrogen-bond acceptors (Lipinski definition) is 4. The third kappa shape index (κ3) is 4.42. The van der Waals surface area contributed by atoms with E-state index in [4.69, 9.17) is 32.4 Å². The predicted octanol–water partition coefficient (Wildman–Crippen LogP) is 4.27. The van der Waals surface area contributed by atoms with E-state index in [1.165, 1.54) is 0 Å². The molecule has 0 amide bonds. The smallest absolute Gasteiger partial charge is 0.399 e. The molecule has 0 aliphatic carbocycles. The lowest BCUT2D eigenvalue weighted by Gasteiger charge is -2.04. The average molecular weight is 301 g/mol. The van der Waals surface area contributed by atoms with Crippen LogP contribution in [-0.2, 0) is 6.54 Å². The van der Waals surface area contributed by atoms with Crippen molar-refractivity contribution in [3.05, 3.63) is 40.2 Å². The summed E-state index contributed by atoms with van der Waals surface area (Å²) in [5, 5.41) is 4.23. The number of aromatic nitrogens is 1. The Labute approximate surface area is 121 Å². The normalized spacial score (nSPS) is 11.0. The van der Waals surface area contributed by atoms with E-state index in [0.717, 1.165) is 5.69 Å². The molecule has 0 saturated heterocycles. The minimum absolute atomic E-state index is 0.166. The second kappa shape index (κ2) is 6.28. The van der Waals surface area contributed by atoms with Gasteiger partial charge in [0, 0.05) is 22.6 Å². The number of rotatable bonds is 5. The van der Waals surface area contributed by atoms with Crippen LogP contribution in [0.4, 0.5) is 0 Å². The van der Waals surface area contributed by atoms with Crippen LogP contribution in [0.3, 0.4) is 0 Å². The zero-order chi connectivity index (χ0) is 13.8. The molecule has 1 aromatic heterocycles. The van der Waals surface area contributed by atoms with Gasteiger partial charge in [0.05, 0.1) is 5.69 Å². The molecule has 0 fully saturated rings. The number of ether oxygens (including phenoxy) is 1. The molecular weight excluding hydrogens is 287 g/mol. The van der Waals surface area contributed by atoms with Crippen molar-refractivity contribution in [1.82, 2.24) is 10.3 Å². The summed E-state index contributed by atoms with van der Waals surface area (Å²) >= 11 is 11.8. The minimum Gasteiger partial charge on any atom is -0.417 e. The molecule has 0 atom stereocenters. The van der Waals surface area contributed by atoms with E-state index in [1.807, 2.05) is 0 Å². The van der Waals surface area contributed by atoms with Crippen molar-refractivity contribution in [3.63, 3.8) is 0 Å². The van der Waals surface area contributed by atoms with Crippen LogP contribution in [0, 0.1) is 0 Å². The van der Waals surface area contributed by atoms with E-state index in [2.05, 4.69) is 24.1 Å². The number of nitrogens with one attached hydrogen (secondary N) is 1. The first-order valence-corrected chi connectivity index (χ1v) is 6.60. The van der Waals surface area contributed by atoms with Crippen molar-refractivity contribution in [3.8, 4) is 11.8 Å². The highest BCUT2D eigenvalue weighted by Crippen LogP contribution is 2.27. The maximum absolute atomic E-state index is 5.88. The molecular formula is C13H14Cl2N2O2. The second-order valence-corrected chi connectivity index (χ2v) is 5.22. The zero-order valence-electron chi connectivity index (χ0n) is 10.6. The van der Waals surface area contributed by atoms with Gasteiger partial charge >= 0.3 is 6.08 Å². The van der Waals surface area contributed by atoms with Crippen LogP contribution in [0.2, 0.25) is 10.0 Å². The monoisotopic (exact) mass is 300 g/mol.